The van der Waals surface area contributed by atoms with Gasteiger partial charge in [0.25, 0.3) is 11.2 Å². The number of thiazole rings is 1. The molecule has 1 aliphatic rings. The summed E-state index contributed by atoms with van der Waals surface area (Å²) in [6, 6.07) is 27.4. The van der Waals surface area contributed by atoms with Crippen LogP contribution >= 0.6 is 34.7 Å². The molecule has 0 radical (unpaired) electrons. The highest BCUT2D eigenvalue weighted by Gasteiger charge is 2.35. The van der Waals surface area contributed by atoms with Crippen LogP contribution in [-0.4, -0.2) is 42.9 Å². The Morgan fingerprint density at radius 1 is 1.00 bits per heavy atom. The summed E-state index contributed by atoms with van der Waals surface area (Å²) in [5, 5.41) is 22.0. The van der Waals surface area contributed by atoms with E-state index in [4.69, 9.17) is 26.1 Å². The maximum absolute atomic E-state index is 14.7. The highest BCUT2D eigenvalue weighted by molar-refractivity contribution is 7.99. The SMILES string of the molecule is CCOC(=O)C1=C(c2ccccc2)N=c2s/c(=C\c3cc([N+](=O)[O-])ccc3Sc3nnc(-c4cccc(Cl)c4)n3CC)c(=O)n2[C@@H]1c1ccc(OC(C)C)cc1. The normalized spacial score (nSPS) is 14.1. The lowest BCUT2D eigenvalue weighted by atomic mass is 9.93. The molecule has 6 aromatic rings. The summed E-state index contributed by atoms with van der Waals surface area (Å²) in [5.41, 5.74) is 2.52. The topological polar surface area (TPSA) is 144 Å². The summed E-state index contributed by atoms with van der Waals surface area (Å²) in [6.07, 6.45) is 1.56. The predicted molar refractivity (Wildman–Crippen MR) is 217 cm³/mol. The third-order valence-corrected chi connectivity index (χ3v) is 11.0. The van der Waals surface area contributed by atoms with Crippen LogP contribution in [-0.2, 0) is 16.1 Å². The molecule has 4 aromatic carbocycles. The third-order valence-electron chi connectivity index (χ3n) is 8.75. The Kier molecular flexibility index (Phi) is 11.3. The lowest BCUT2D eigenvalue weighted by Crippen LogP contribution is -2.40. The molecule has 0 amide bonds. The van der Waals surface area contributed by atoms with Gasteiger partial charge in [0.15, 0.2) is 15.8 Å². The second-order valence-corrected chi connectivity index (χ2v) is 15.3. The number of carbonyl (C=O) groups is 1. The van der Waals surface area contributed by atoms with Gasteiger partial charge in [0.05, 0.1) is 39.5 Å². The van der Waals surface area contributed by atoms with Crippen LogP contribution in [0.3, 0.4) is 0 Å². The van der Waals surface area contributed by atoms with E-state index in [-0.39, 0.29) is 28.5 Å². The molecular formula is C41H35ClN6O6S2. The van der Waals surface area contributed by atoms with Gasteiger partial charge in [-0.25, -0.2) is 9.79 Å². The lowest BCUT2D eigenvalue weighted by molar-refractivity contribution is -0.384. The lowest BCUT2D eigenvalue weighted by Gasteiger charge is -2.26. The summed E-state index contributed by atoms with van der Waals surface area (Å²) in [7, 11) is 0. The summed E-state index contributed by atoms with van der Waals surface area (Å²) in [5.74, 6) is 0.645. The van der Waals surface area contributed by atoms with Crippen LogP contribution < -0.4 is 19.6 Å². The average Bonchev–Trinajstić information content (AvgIpc) is 3.74. The molecule has 7 rings (SSSR count). The number of non-ortho nitro benzene ring substituents is 1. The third kappa shape index (κ3) is 7.81. The Balaban J connectivity index is 1.41. The molecule has 0 N–H and O–H groups in total. The first-order valence-electron chi connectivity index (χ1n) is 17.8. The Morgan fingerprint density at radius 2 is 1.75 bits per heavy atom. The molecule has 15 heteroatoms. The average molecular weight is 807 g/mol. The smallest absolute Gasteiger partial charge is 0.338 e. The number of nitrogens with zero attached hydrogens (tertiary/aromatic N) is 6. The van der Waals surface area contributed by atoms with Crippen molar-refractivity contribution in [3.05, 3.63) is 154 Å². The number of esters is 1. The summed E-state index contributed by atoms with van der Waals surface area (Å²) < 4.78 is 15.2. The van der Waals surface area contributed by atoms with Crippen molar-refractivity contribution in [1.29, 1.82) is 0 Å². The van der Waals surface area contributed by atoms with Gasteiger partial charge in [-0.1, -0.05) is 77.5 Å². The van der Waals surface area contributed by atoms with Crippen molar-refractivity contribution < 1.29 is 19.2 Å². The molecule has 0 spiro atoms. The maximum atomic E-state index is 14.7. The van der Waals surface area contributed by atoms with Gasteiger partial charge in [0.2, 0.25) is 0 Å². The summed E-state index contributed by atoms with van der Waals surface area (Å²) >= 11 is 8.67. The van der Waals surface area contributed by atoms with Crippen molar-refractivity contribution in [2.45, 2.75) is 56.4 Å². The first-order valence-corrected chi connectivity index (χ1v) is 19.8. The molecule has 12 nitrogen and oxygen atoms in total. The van der Waals surface area contributed by atoms with E-state index in [0.717, 1.165) is 16.9 Å². The molecule has 2 aromatic heterocycles. The standard InChI is InChI=1S/C41H35ClN6O6S2/c1-5-46-37(27-13-10-14-29(42)21-27)44-45-41(46)55-32-20-17-30(48(51)52)22-28(32)23-33-38(49)47-36(26-15-18-31(19-16-26)54-24(3)4)34(39(50)53-6-2)35(43-40(47)56-33)25-11-8-7-9-12-25/h7-24,36H,5-6H2,1-4H3/b33-23-/t36-/m1/s1. The van der Waals surface area contributed by atoms with Gasteiger partial charge in [0, 0.05) is 39.7 Å². The molecular weight excluding hydrogens is 772 g/mol. The summed E-state index contributed by atoms with van der Waals surface area (Å²) in [6.45, 7) is 8.20. The van der Waals surface area contributed by atoms with Crippen LogP contribution in [0.5, 0.6) is 5.75 Å². The molecule has 0 fully saturated rings. The molecule has 56 heavy (non-hydrogen) atoms. The van der Waals surface area contributed by atoms with Crippen LogP contribution in [0.4, 0.5) is 5.69 Å². The number of halogens is 1. The first-order chi connectivity index (χ1) is 27.1. The zero-order valence-electron chi connectivity index (χ0n) is 30.7. The fourth-order valence-electron chi connectivity index (χ4n) is 6.34. The van der Waals surface area contributed by atoms with Crippen molar-refractivity contribution in [2.75, 3.05) is 6.61 Å². The minimum Gasteiger partial charge on any atom is -0.491 e. The number of hydrogen-bond acceptors (Lipinski definition) is 11. The number of hydrogen-bond donors (Lipinski definition) is 0. The van der Waals surface area contributed by atoms with E-state index < -0.39 is 22.5 Å². The number of benzene rings is 4. The van der Waals surface area contributed by atoms with Crippen molar-refractivity contribution >= 4 is 58.1 Å². The maximum Gasteiger partial charge on any atom is 0.338 e. The fourth-order valence-corrected chi connectivity index (χ4v) is 8.50. The minimum atomic E-state index is -0.914. The zero-order chi connectivity index (χ0) is 39.5. The molecule has 0 unspecified atom stereocenters. The molecule has 0 aliphatic carbocycles. The van der Waals surface area contributed by atoms with Gasteiger partial charge in [-0.3, -0.25) is 19.5 Å². The van der Waals surface area contributed by atoms with Crippen LogP contribution in [0.25, 0.3) is 23.2 Å². The number of carbonyl (C=O) groups excluding carboxylic acids is 1. The minimum absolute atomic E-state index is 0.0571. The van der Waals surface area contributed by atoms with E-state index in [1.807, 2.05) is 79.9 Å². The van der Waals surface area contributed by atoms with Crippen LogP contribution in [0.1, 0.15) is 50.4 Å². The van der Waals surface area contributed by atoms with Crippen LogP contribution in [0.15, 0.2) is 122 Å². The zero-order valence-corrected chi connectivity index (χ0v) is 33.1. The number of fused-ring (bicyclic) bond motifs is 1. The van der Waals surface area contributed by atoms with Gasteiger partial charge >= 0.3 is 5.97 Å². The van der Waals surface area contributed by atoms with E-state index in [0.29, 0.717) is 60.4 Å². The molecule has 1 atom stereocenters. The van der Waals surface area contributed by atoms with Gasteiger partial charge in [-0.05, 0) is 87.0 Å². The van der Waals surface area contributed by atoms with Gasteiger partial charge in [-0.2, -0.15) is 0 Å². The van der Waals surface area contributed by atoms with E-state index in [1.54, 1.807) is 43.3 Å². The van der Waals surface area contributed by atoms with Crippen molar-refractivity contribution in [3.8, 4) is 17.1 Å². The van der Waals surface area contributed by atoms with Crippen LogP contribution in [0.2, 0.25) is 5.02 Å². The highest BCUT2D eigenvalue weighted by atomic mass is 35.5. The molecule has 3 heterocycles. The van der Waals surface area contributed by atoms with E-state index >= 15 is 0 Å². The highest BCUT2D eigenvalue weighted by Crippen LogP contribution is 2.37. The summed E-state index contributed by atoms with van der Waals surface area (Å²) in [4.78, 5) is 46.0. The second-order valence-electron chi connectivity index (χ2n) is 12.8. The van der Waals surface area contributed by atoms with Crippen molar-refractivity contribution in [2.24, 2.45) is 4.99 Å². The van der Waals surface area contributed by atoms with Gasteiger partial charge < -0.3 is 14.0 Å². The first kappa shape index (κ1) is 38.4. The number of ether oxygens (including phenoxy) is 2. The molecule has 0 saturated heterocycles. The largest absolute Gasteiger partial charge is 0.491 e. The van der Waals surface area contributed by atoms with E-state index in [9.17, 15) is 19.7 Å². The van der Waals surface area contributed by atoms with Gasteiger partial charge in [-0.15, -0.1) is 10.2 Å². The molecule has 0 saturated carbocycles. The Morgan fingerprint density at radius 3 is 2.43 bits per heavy atom. The van der Waals surface area contributed by atoms with E-state index in [2.05, 4.69) is 10.2 Å². The fraction of sp³-hybridized carbons (Fsp3) is 0.195. The van der Waals surface area contributed by atoms with E-state index in [1.165, 1.54) is 28.5 Å². The van der Waals surface area contributed by atoms with Crippen molar-refractivity contribution in [3.63, 3.8) is 0 Å². The Hall–Kier alpha value is -5.83. The monoisotopic (exact) mass is 806 g/mol. The number of aromatic nitrogens is 4. The number of nitro groups is 1. The quantitative estimate of drug-likeness (QED) is 0.0690. The number of nitro benzene ring substituents is 1. The van der Waals surface area contributed by atoms with Crippen LogP contribution in [0, 0.1) is 10.1 Å². The molecule has 1 aliphatic heterocycles. The predicted octanol–water partition coefficient (Wildman–Crippen LogP) is 7.71. The van der Waals surface area contributed by atoms with Crippen molar-refractivity contribution in [1.82, 2.24) is 19.3 Å². The second kappa shape index (κ2) is 16.5. The Labute approximate surface area is 334 Å². The number of rotatable bonds is 12. The van der Waals surface area contributed by atoms with Gasteiger partial charge in [0.1, 0.15) is 5.75 Å². The Bertz CT molecular complexity index is 2670. The molecule has 284 valence electrons. The molecule has 0 bridgehead atoms.